The Bertz CT molecular complexity index is 722. The van der Waals surface area contributed by atoms with Gasteiger partial charge in [0.25, 0.3) is 0 Å². The first kappa shape index (κ1) is 15.7. The summed E-state index contributed by atoms with van der Waals surface area (Å²) < 4.78 is 49.6. The smallest absolute Gasteiger partial charge is 0.419 e. The molecule has 1 aliphatic heterocycles. The first-order valence-electron chi connectivity index (χ1n) is 6.79. The fourth-order valence-electron chi connectivity index (χ4n) is 2.23. The lowest BCUT2D eigenvalue weighted by Gasteiger charge is -2.20. The molecule has 8 heteroatoms. The second-order valence-electron chi connectivity index (χ2n) is 4.85. The summed E-state index contributed by atoms with van der Waals surface area (Å²) in [5, 5.41) is 3.04. The van der Waals surface area contributed by atoms with E-state index in [2.05, 4.69) is 10.3 Å². The van der Waals surface area contributed by atoms with Crippen molar-refractivity contribution >= 4 is 17.4 Å². The predicted molar refractivity (Wildman–Crippen MR) is 79.0 cm³/mol. The number of nitrogens with zero attached hydrogens (tertiary/aromatic N) is 1. The van der Waals surface area contributed by atoms with E-state index >= 15 is 0 Å². The number of halogens is 4. The van der Waals surface area contributed by atoms with Crippen molar-refractivity contribution in [2.75, 3.05) is 18.5 Å². The Balaban J connectivity index is 1.81. The zero-order valence-corrected chi connectivity index (χ0v) is 12.5. The van der Waals surface area contributed by atoms with Crippen LogP contribution in [0.3, 0.4) is 0 Å². The number of ether oxygens (including phenoxy) is 2. The molecule has 1 aromatic carbocycles. The monoisotopic (exact) mass is 344 g/mol. The highest BCUT2D eigenvalue weighted by Crippen LogP contribution is 2.39. The Morgan fingerprint density at radius 3 is 2.78 bits per heavy atom. The van der Waals surface area contributed by atoms with Gasteiger partial charge in [-0.05, 0) is 29.8 Å². The third-order valence-corrected chi connectivity index (χ3v) is 3.51. The van der Waals surface area contributed by atoms with Crippen LogP contribution in [-0.4, -0.2) is 18.2 Å². The van der Waals surface area contributed by atoms with Gasteiger partial charge in [-0.25, -0.2) is 4.98 Å². The van der Waals surface area contributed by atoms with E-state index in [1.165, 1.54) is 12.3 Å². The van der Waals surface area contributed by atoms with Gasteiger partial charge in [-0.2, -0.15) is 13.2 Å². The standard InChI is InChI=1S/C15H12ClF3N2O2/c16-11-6-9(7-12-13(11)23-5-4-22-12)8-21-14-10(15(17,18)19)2-1-3-20-14/h1-3,6-7H,4-5,8H2,(H,20,21). The van der Waals surface area contributed by atoms with Crippen LogP contribution >= 0.6 is 11.6 Å². The zero-order chi connectivity index (χ0) is 16.4. The summed E-state index contributed by atoms with van der Waals surface area (Å²) in [4.78, 5) is 3.75. The maximum absolute atomic E-state index is 12.9. The van der Waals surface area contributed by atoms with Crippen LogP contribution in [0.4, 0.5) is 19.0 Å². The second-order valence-corrected chi connectivity index (χ2v) is 5.26. The highest BCUT2D eigenvalue weighted by Gasteiger charge is 2.34. The first-order chi connectivity index (χ1) is 10.9. The molecule has 0 radical (unpaired) electrons. The molecule has 4 nitrogen and oxygen atoms in total. The molecule has 2 heterocycles. The summed E-state index contributed by atoms with van der Waals surface area (Å²) in [6.07, 6.45) is -3.17. The Labute approximate surface area is 135 Å². The first-order valence-corrected chi connectivity index (χ1v) is 7.17. The fourth-order valence-corrected chi connectivity index (χ4v) is 2.51. The number of hydrogen-bond donors (Lipinski definition) is 1. The van der Waals surface area contributed by atoms with Crippen molar-refractivity contribution in [3.8, 4) is 11.5 Å². The molecule has 2 aromatic rings. The minimum atomic E-state index is -4.47. The normalized spacial score (nSPS) is 13.7. The van der Waals surface area contributed by atoms with Crippen LogP contribution in [0.15, 0.2) is 30.5 Å². The molecule has 1 aliphatic rings. The number of pyridine rings is 1. The maximum Gasteiger partial charge on any atom is 0.419 e. The van der Waals surface area contributed by atoms with Crippen molar-refractivity contribution in [3.05, 3.63) is 46.6 Å². The van der Waals surface area contributed by atoms with Gasteiger partial charge in [-0.1, -0.05) is 11.6 Å². The van der Waals surface area contributed by atoms with Crippen molar-refractivity contribution in [3.63, 3.8) is 0 Å². The minimum absolute atomic E-state index is 0.121. The summed E-state index contributed by atoms with van der Waals surface area (Å²) in [7, 11) is 0. The van der Waals surface area contributed by atoms with Crippen LogP contribution in [0.2, 0.25) is 5.02 Å². The van der Waals surface area contributed by atoms with Crippen LogP contribution in [0.25, 0.3) is 0 Å². The summed E-state index contributed by atoms with van der Waals surface area (Å²) in [6.45, 7) is 0.933. The van der Waals surface area contributed by atoms with E-state index in [0.29, 0.717) is 35.3 Å². The van der Waals surface area contributed by atoms with Gasteiger partial charge in [-0.15, -0.1) is 0 Å². The molecule has 0 saturated heterocycles. The summed E-state index contributed by atoms with van der Waals surface area (Å²) in [6, 6.07) is 5.53. The van der Waals surface area contributed by atoms with Crippen molar-refractivity contribution in [1.82, 2.24) is 4.98 Å². The molecule has 0 bridgehead atoms. The number of hydrogen-bond acceptors (Lipinski definition) is 4. The Morgan fingerprint density at radius 1 is 1.22 bits per heavy atom. The summed E-state index contributed by atoms with van der Waals surface area (Å²) in [5.74, 6) is 0.708. The van der Waals surface area contributed by atoms with Gasteiger partial charge in [0.15, 0.2) is 11.5 Å². The third-order valence-electron chi connectivity index (χ3n) is 3.23. The lowest BCUT2D eigenvalue weighted by Crippen LogP contribution is -2.16. The van der Waals surface area contributed by atoms with Crippen LogP contribution in [0.5, 0.6) is 11.5 Å². The Morgan fingerprint density at radius 2 is 2.00 bits per heavy atom. The van der Waals surface area contributed by atoms with E-state index in [0.717, 1.165) is 6.07 Å². The highest BCUT2D eigenvalue weighted by atomic mass is 35.5. The summed E-state index contributed by atoms with van der Waals surface area (Å²) >= 11 is 6.10. The van der Waals surface area contributed by atoms with E-state index in [-0.39, 0.29) is 12.4 Å². The molecule has 0 saturated carbocycles. The number of fused-ring (bicyclic) bond motifs is 1. The highest BCUT2D eigenvalue weighted by molar-refractivity contribution is 6.32. The van der Waals surface area contributed by atoms with Crippen molar-refractivity contribution in [2.45, 2.75) is 12.7 Å². The molecular weight excluding hydrogens is 333 g/mol. The van der Waals surface area contributed by atoms with Gasteiger partial charge in [0.05, 0.1) is 10.6 Å². The van der Waals surface area contributed by atoms with E-state index in [9.17, 15) is 13.2 Å². The molecular formula is C15H12ClF3N2O2. The topological polar surface area (TPSA) is 43.4 Å². The number of aromatic nitrogens is 1. The molecule has 0 amide bonds. The number of nitrogens with one attached hydrogen (secondary N) is 1. The average molecular weight is 345 g/mol. The molecule has 0 spiro atoms. The average Bonchev–Trinajstić information content (AvgIpc) is 2.52. The van der Waals surface area contributed by atoms with Crippen LogP contribution in [0, 0.1) is 0 Å². The Hall–Kier alpha value is -2.15. The molecule has 0 unspecified atom stereocenters. The van der Waals surface area contributed by atoms with Gasteiger partial charge >= 0.3 is 6.18 Å². The van der Waals surface area contributed by atoms with Crippen molar-refractivity contribution in [1.29, 1.82) is 0 Å². The molecule has 23 heavy (non-hydrogen) atoms. The molecule has 0 fully saturated rings. The van der Waals surface area contributed by atoms with Gasteiger partial charge in [0, 0.05) is 12.7 Å². The number of rotatable bonds is 3. The lowest BCUT2D eigenvalue weighted by molar-refractivity contribution is -0.137. The van der Waals surface area contributed by atoms with Gasteiger partial charge in [-0.3, -0.25) is 0 Å². The molecule has 1 aromatic heterocycles. The number of benzene rings is 1. The number of anilines is 1. The van der Waals surface area contributed by atoms with Crippen LogP contribution < -0.4 is 14.8 Å². The molecule has 3 rings (SSSR count). The van der Waals surface area contributed by atoms with Crippen LogP contribution in [0.1, 0.15) is 11.1 Å². The zero-order valence-electron chi connectivity index (χ0n) is 11.8. The van der Waals surface area contributed by atoms with Crippen molar-refractivity contribution in [2.24, 2.45) is 0 Å². The summed E-state index contributed by atoms with van der Waals surface area (Å²) in [5.41, 5.74) is -0.151. The SMILES string of the molecule is FC(F)(F)c1cccnc1NCc1cc(Cl)c2c(c1)OCCO2. The van der Waals surface area contributed by atoms with Gasteiger partial charge in [0.1, 0.15) is 19.0 Å². The number of alkyl halides is 3. The Kier molecular flexibility index (Phi) is 4.21. The van der Waals surface area contributed by atoms with Gasteiger partial charge < -0.3 is 14.8 Å². The minimum Gasteiger partial charge on any atom is -0.486 e. The van der Waals surface area contributed by atoms with Crippen molar-refractivity contribution < 1.29 is 22.6 Å². The van der Waals surface area contributed by atoms with E-state index in [1.54, 1.807) is 12.1 Å². The van der Waals surface area contributed by atoms with Crippen LogP contribution in [-0.2, 0) is 12.7 Å². The van der Waals surface area contributed by atoms with E-state index < -0.39 is 11.7 Å². The fraction of sp³-hybridized carbons (Fsp3) is 0.267. The largest absolute Gasteiger partial charge is 0.486 e. The third kappa shape index (κ3) is 3.44. The van der Waals surface area contributed by atoms with E-state index in [4.69, 9.17) is 21.1 Å². The lowest BCUT2D eigenvalue weighted by atomic mass is 10.2. The molecule has 122 valence electrons. The van der Waals surface area contributed by atoms with Gasteiger partial charge in [0.2, 0.25) is 0 Å². The molecule has 0 atom stereocenters. The molecule has 1 N–H and O–H groups in total. The quantitative estimate of drug-likeness (QED) is 0.909. The maximum atomic E-state index is 12.9. The molecule has 0 aliphatic carbocycles. The second kappa shape index (κ2) is 6.16. The van der Waals surface area contributed by atoms with E-state index in [1.807, 2.05) is 0 Å². The predicted octanol–water partition coefficient (Wildman–Crippen LogP) is 4.14.